The summed E-state index contributed by atoms with van der Waals surface area (Å²) >= 11 is 0. The van der Waals surface area contributed by atoms with E-state index >= 15 is 0 Å². The lowest BCUT2D eigenvalue weighted by atomic mass is 10.1. The van der Waals surface area contributed by atoms with Gasteiger partial charge in [0.1, 0.15) is 11.5 Å². The zero-order valence-corrected chi connectivity index (χ0v) is 9.74. The van der Waals surface area contributed by atoms with E-state index < -0.39 is 0 Å². The number of carbonyl (C=O) groups is 1. The Balaban J connectivity index is 1.87. The smallest absolute Gasteiger partial charge is 0.136 e. The summed E-state index contributed by atoms with van der Waals surface area (Å²) in [5.41, 5.74) is 1.19. The highest BCUT2D eigenvalue weighted by Crippen LogP contribution is 2.31. The standard InChI is InChI=1S/C14H18O2/c1-2-16-13-5-3-4-11(10-13)6-9-14(15)12-7-8-12/h3-5,10,12H,2,6-9H2,1H3. The largest absolute Gasteiger partial charge is 0.494 e. The van der Waals surface area contributed by atoms with Gasteiger partial charge in [0, 0.05) is 12.3 Å². The summed E-state index contributed by atoms with van der Waals surface area (Å²) in [4.78, 5) is 11.6. The topological polar surface area (TPSA) is 26.3 Å². The average Bonchev–Trinajstić information content (AvgIpc) is 3.11. The summed E-state index contributed by atoms with van der Waals surface area (Å²) in [6.07, 6.45) is 3.74. The second kappa shape index (κ2) is 5.15. The third kappa shape index (κ3) is 3.09. The lowest BCUT2D eigenvalue weighted by Gasteiger charge is -2.05. The molecule has 0 saturated heterocycles. The molecule has 1 aromatic carbocycles. The Kier molecular flexibility index (Phi) is 3.60. The first-order valence-corrected chi connectivity index (χ1v) is 6.04. The predicted molar refractivity (Wildman–Crippen MR) is 63.7 cm³/mol. The van der Waals surface area contributed by atoms with Crippen molar-refractivity contribution in [3.05, 3.63) is 29.8 Å². The van der Waals surface area contributed by atoms with Gasteiger partial charge in [-0.2, -0.15) is 0 Å². The van der Waals surface area contributed by atoms with Crippen LogP contribution in [0.1, 0.15) is 31.7 Å². The molecule has 2 rings (SSSR count). The molecule has 0 atom stereocenters. The molecule has 0 aliphatic heterocycles. The second-order valence-electron chi connectivity index (χ2n) is 4.32. The van der Waals surface area contributed by atoms with Gasteiger partial charge in [-0.15, -0.1) is 0 Å². The van der Waals surface area contributed by atoms with E-state index in [4.69, 9.17) is 4.74 Å². The summed E-state index contributed by atoms with van der Waals surface area (Å²) in [7, 11) is 0. The van der Waals surface area contributed by atoms with Gasteiger partial charge >= 0.3 is 0 Å². The second-order valence-corrected chi connectivity index (χ2v) is 4.32. The zero-order chi connectivity index (χ0) is 11.4. The van der Waals surface area contributed by atoms with Gasteiger partial charge in [-0.05, 0) is 43.9 Å². The summed E-state index contributed by atoms with van der Waals surface area (Å²) in [6.45, 7) is 2.66. The van der Waals surface area contributed by atoms with Crippen molar-refractivity contribution in [2.45, 2.75) is 32.6 Å². The molecular formula is C14H18O2. The molecule has 2 heteroatoms. The van der Waals surface area contributed by atoms with Crippen LogP contribution in [0.2, 0.25) is 0 Å². The van der Waals surface area contributed by atoms with Gasteiger partial charge in [0.15, 0.2) is 0 Å². The molecule has 0 bridgehead atoms. The summed E-state index contributed by atoms with van der Waals surface area (Å²) in [6, 6.07) is 8.03. The van der Waals surface area contributed by atoms with E-state index in [1.807, 2.05) is 25.1 Å². The maximum atomic E-state index is 11.6. The third-order valence-corrected chi connectivity index (χ3v) is 2.90. The van der Waals surface area contributed by atoms with E-state index in [1.165, 1.54) is 5.56 Å². The Labute approximate surface area is 96.6 Å². The fourth-order valence-corrected chi connectivity index (χ4v) is 1.83. The fraction of sp³-hybridized carbons (Fsp3) is 0.500. The number of Topliss-reactive ketones (excluding diaryl/α,β-unsaturated/α-hetero) is 1. The number of hydrogen-bond donors (Lipinski definition) is 0. The van der Waals surface area contributed by atoms with Crippen molar-refractivity contribution >= 4 is 5.78 Å². The SMILES string of the molecule is CCOc1cccc(CCC(=O)C2CC2)c1. The van der Waals surface area contributed by atoms with Crippen LogP contribution in [0, 0.1) is 5.92 Å². The molecule has 0 radical (unpaired) electrons. The van der Waals surface area contributed by atoms with Crippen LogP contribution in [-0.4, -0.2) is 12.4 Å². The van der Waals surface area contributed by atoms with Gasteiger partial charge < -0.3 is 4.74 Å². The van der Waals surface area contributed by atoms with Gasteiger partial charge in [0.25, 0.3) is 0 Å². The van der Waals surface area contributed by atoms with E-state index in [0.29, 0.717) is 24.7 Å². The summed E-state index contributed by atoms with van der Waals surface area (Å²) < 4.78 is 5.43. The minimum atomic E-state index is 0.384. The fourth-order valence-electron chi connectivity index (χ4n) is 1.83. The van der Waals surface area contributed by atoms with Gasteiger partial charge in [-0.1, -0.05) is 12.1 Å². The Hall–Kier alpha value is -1.31. The normalized spacial score (nSPS) is 14.8. The Morgan fingerprint density at radius 2 is 2.25 bits per heavy atom. The van der Waals surface area contributed by atoms with Crippen LogP contribution in [0.15, 0.2) is 24.3 Å². The van der Waals surface area contributed by atoms with Gasteiger partial charge in [0.2, 0.25) is 0 Å². The minimum absolute atomic E-state index is 0.384. The number of ether oxygens (including phenoxy) is 1. The van der Waals surface area contributed by atoms with E-state index in [2.05, 4.69) is 6.07 Å². The van der Waals surface area contributed by atoms with Gasteiger partial charge in [0.05, 0.1) is 6.61 Å². The number of benzene rings is 1. The Morgan fingerprint density at radius 3 is 2.94 bits per heavy atom. The Bertz CT molecular complexity index is 367. The quantitative estimate of drug-likeness (QED) is 0.733. The van der Waals surface area contributed by atoms with E-state index in [0.717, 1.165) is 25.0 Å². The number of aryl methyl sites for hydroxylation is 1. The lowest BCUT2D eigenvalue weighted by Crippen LogP contribution is -2.02. The predicted octanol–water partition coefficient (Wildman–Crippen LogP) is 3.00. The minimum Gasteiger partial charge on any atom is -0.494 e. The zero-order valence-electron chi connectivity index (χ0n) is 9.74. The summed E-state index contributed by atoms with van der Waals surface area (Å²) in [5, 5.41) is 0. The van der Waals surface area contributed by atoms with E-state index in [9.17, 15) is 4.79 Å². The van der Waals surface area contributed by atoms with Crippen LogP contribution < -0.4 is 4.74 Å². The molecule has 2 nitrogen and oxygen atoms in total. The highest BCUT2D eigenvalue weighted by molar-refractivity contribution is 5.83. The molecule has 1 aromatic rings. The van der Waals surface area contributed by atoms with Gasteiger partial charge in [-0.3, -0.25) is 4.79 Å². The van der Waals surface area contributed by atoms with E-state index in [-0.39, 0.29) is 0 Å². The van der Waals surface area contributed by atoms with Crippen molar-refractivity contribution in [3.63, 3.8) is 0 Å². The molecule has 0 unspecified atom stereocenters. The first-order valence-electron chi connectivity index (χ1n) is 6.04. The molecule has 0 amide bonds. The molecule has 1 fully saturated rings. The highest BCUT2D eigenvalue weighted by atomic mass is 16.5. The molecule has 1 aliphatic rings. The molecule has 86 valence electrons. The molecule has 0 heterocycles. The third-order valence-electron chi connectivity index (χ3n) is 2.90. The number of ketones is 1. The number of rotatable bonds is 6. The van der Waals surface area contributed by atoms with Crippen molar-refractivity contribution in [2.24, 2.45) is 5.92 Å². The van der Waals surface area contributed by atoms with Crippen LogP contribution in [0.3, 0.4) is 0 Å². The summed E-state index contributed by atoms with van der Waals surface area (Å²) in [5.74, 6) is 1.72. The van der Waals surface area contributed by atoms with Crippen LogP contribution >= 0.6 is 0 Å². The molecule has 1 saturated carbocycles. The van der Waals surface area contributed by atoms with Gasteiger partial charge in [-0.25, -0.2) is 0 Å². The molecule has 1 aliphatic carbocycles. The molecule has 0 spiro atoms. The first kappa shape index (κ1) is 11.2. The number of hydrogen-bond acceptors (Lipinski definition) is 2. The highest BCUT2D eigenvalue weighted by Gasteiger charge is 2.28. The average molecular weight is 218 g/mol. The lowest BCUT2D eigenvalue weighted by molar-refractivity contribution is -0.120. The van der Waals surface area contributed by atoms with Crippen LogP contribution in [0.5, 0.6) is 5.75 Å². The maximum absolute atomic E-state index is 11.6. The van der Waals surface area contributed by atoms with Crippen LogP contribution in [0.4, 0.5) is 0 Å². The van der Waals surface area contributed by atoms with Crippen LogP contribution in [-0.2, 0) is 11.2 Å². The number of carbonyl (C=O) groups excluding carboxylic acids is 1. The van der Waals surface area contributed by atoms with Crippen molar-refractivity contribution < 1.29 is 9.53 Å². The maximum Gasteiger partial charge on any atom is 0.136 e. The first-order chi connectivity index (χ1) is 7.79. The molecule has 16 heavy (non-hydrogen) atoms. The van der Waals surface area contributed by atoms with Crippen molar-refractivity contribution in [2.75, 3.05) is 6.61 Å². The molecule has 0 aromatic heterocycles. The van der Waals surface area contributed by atoms with Crippen molar-refractivity contribution in [1.29, 1.82) is 0 Å². The molecular weight excluding hydrogens is 200 g/mol. The Morgan fingerprint density at radius 1 is 1.44 bits per heavy atom. The van der Waals surface area contributed by atoms with Crippen molar-refractivity contribution in [1.82, 2.24) is 0 Å². The molecule has 0 N–H and O–H groups in total. The van der Waals surface area contributed by atoms with E-state index in [1.54, 1.807) is 0 Å². The van der Waals surface area contributed by atoms with Crippen LogP contribution in [0.25, 0.3) is 0 Å². The monoisotopic (exact) mass is 218 g/mol. The van der Waals surface area contributed by atoms with Crippen molar-refractivity contribution in [3.8, 4) is 5.75 Å².